The number of aliphatic hydroxyl groups is 7. The zero-order valence-corrected chi connectivity index (χ0v) is 18.4. The van der Waals surface area contributed by atoms with E-state index in [0.29, 0.717) is 12.8 Å². The number of allylic oxidation sites excluding steroid dienone is 1. The first-order valence-corrected chi connectivity index (χ1v) is 10.5. The van der Waals surface area contributed by atoms with Crippen LogP contribution < -0.4 is 0 Å². The number of aliphatic hydroxyl groups excluding tert-OH is 5. The van der Waals surface area contributed by atoms with Gasteiger partial charge in [0.15, 0.2) is 12.6 Å². The summed E-state index contributed by atoms with van der Waals surface area (Å²) in [7, 11) is 0. The largest absolute Gasteiger partial charge is 0.393 e. The van der Waals surface area contributed by atoms with Crippen molar-refractivity contribution in [2.75, 3.05) is 26.4 Å². The van der Waals surface area contributed by atoms with Gasteiger partial charge in [-0.05, 0) is 26.7 Å². The second-order valence-electron chi connectivity index (χ2n) is 8.70. The van der Waals surface area contributed by atoms with Crippen LogP contribution in [0.4, 0.5) is 0 Å². The smallest absolute Gasteiger partial charge is 0.187 e. The van der Waals surface area contributed by atoms with Gasteiger partial charge in [-0.2, -0.15) is 0 Å². The summed E-state index contributed by atoms with van der Waals surface area (Å²) in [5.41, 5.74) is -2.03. The lowest BCUT2D eigenvalue weighted by Gasteiger charge is -2.40. The van der Waals surface area contributed by atoms with E-state index in [-0.39, 0.29) is 19.8 Å². The van der Waals surface area contributed by atoms with Gasteiger partial charge in [0.1, 0.15) is 36.1 Å². The molecule has 2 aliphatic rings. The van der Waals surface area contributed by atoms with Crippen LogP contribution in [0, 0.1) is 0 Å². The first kappa shape index (κ1) is 27.3. The van der Waals surface area contributed by atoms with E-state index in [1.807, 2.05) is 6.08 Å². The fourth-order valence-corrected chi connectivity index (χ4v) is 3.30. The van der Waals surface area contributed by atoms with E-state index in [4.69, 9.17) is 18.9 Å². The van der Waals surface area contributed by atoms with Gasteiger partial charge in [-0.1, -0.05) is 17.7 Å². The lowest BCUT2D eigenvalue weighted by Crippen LogP contribution is -2.59. The number of ether oxygens (including phenoxy) is 4. The van der Waals surface area contributed by atoms with Crippen molar-refractivity contribution in [2.24, 2.45) is 0 Å². The summed E-state index contributed by atoms with van der Waals surface area (Å²) in [5.74, 6) is 0. The highest BCUT2D eigenvalue weighted by atomic mass is 16.7. The molecule has 0 amide bonds. The number of hydrogen-bond acceptors (Lipinski definition) is 11. The molecule has 0 aromatic rings. The predicted molar refractivity (Wildman–Crippen MR) is 110 cm³/mol. The molecule has 0 aromatic carbocycles. The van der Waals surface area contributed by atoms with Crippen LogP contribution in [0.25, 0.3) is 0 Å². The molecule has 2 heterocycles. The third-order valence-corrected chi connectivity index (χ3v) is 5.73. The summed E-state index contributed by atoms with van der Waals surface area (Å²) < 4.78 is 21.6. The Bertz CT molecular complexity index is 639. The topological polar surface area (TPSA) is 179 Å². The maximum atomic E-state index is 10.2. The van der Waals surface area contributed by atoms with Gasteiger partial charge in [-0.25, -0.2) is 0 Å². The Hall–Kier alpha value is -0.960. The summed E-state index contributed by atoms with van der Waals surface area (Å²) in [6.07, 6.45) is -5.39. The average molecular weight is 465 g/mol. The fraction of sp³-hybridized carbons (Fsp3) is 0.810. The Morgan fingerprint density at radius 1 is 1.16 bits per heavy atom. The molecule has 0 aliphatic carbocycles. The standard InChI is InChI=1S/C21H36O11/c1-4-20(3,27)7-5-6-12(2)8-29-18-16(25)15(24)14(23)13(32-18)9-30-19-17(26)21(28,10-22)11-31-19/h4,6,13-19,22-28H,1,5,7-11H2,2-3H3/b12-6+/t13-,14-,15+,16-,17+,18-,19-,20+,21-/m1/s1. The first-order valence-electron chi connectivity index (χ1n) is 10.5. The molecule has 9 atom stereocenters. The van der Waals surface area contributed by atoms with Crippen LogP contribution >= 0.6 is 0 Å². The van der Waals surface area contributed by atoms with Gasteiger partial charge in [0.2, 0.25) is 0 Å². The minimum absolute atomic E-state index is 0.0718. The van der Waals surface area contributed by atoms with Gasteiger partial charge in [0.05, 0.1) is 32.0 Å². The van der Waals surface area contributed by atoms with Crippen molar-refractivity contribution in [3.05, 3.63) is 24.3 Å². The summed E-state index contributed by atoms with van der Waals surface area (Å²) in [6, 6.07) is 0. The fourth-order valence-electron chi connectivity index (χ4n) is 3.30. The summed E-state index contributed by atoms with van der Waals surface area (Å²) in [5, 5.41) is 69.7. The van der Waals surface area contributed by atoms with Crippen molar-refractivity contribution in [3.8, 4) is 0 Å². The molecule has 0 saturated carbocycles. The third-order valence-electron chi connectivity index (χ3n) is 5.73. The van der Waals surface area contributed by atoms with E-state index in [1.54, 1.807) is 13.8 Å². The van der Waals surface area contributed by atoms with Crippen molar-refractivity contribution in [1.82, 2.24) is 0 Å². The molecule has 7 N–H and O–H groups in total. The predicted octanol–water partition coefficient (Wildman–Crippen LogP) is -2.07. The number of rotatable bonds is 11. The van der Waals surface area contributed by atoms with Gasteiger partial charge in [-0.15, -0.1) is 6.58 Å². The molecule has 2 saturated heterocycles. The van der Waals surface area contributed by atoms with Crippen molar-refractivity contribution in [2.45, 2.75) is 81.0 Å². The quantitative estimate of drug-likeness (QED) is 0.167. The van der Waals surface area contributed by atoms with Crippen molar-refractivity contribution in [1.29, 1.82) is 0 Å². The molecular formula is C21H36O11. The van der Waals surface area contributed by atoms with Crippen LogP contribution in [-0.4, -0.2) is 116 Å². The summed E-state index contributed by atoms with van der Waals surface area (Å²) in [4.78, 5) is 0. The normalized spacial score (nSPS) is 40.3. The highest BCUT2D eigenvalue weighted by molar-refractivity contribution is 5.01. The Morgan fingerprint density at radius 2 is 1.84 bits per heavy atom. The molecule has 2 fully saturated rings. The van der Waals surface area contributed by atoms with E-state index >= 15 is 0 Å². The second kappa shape index (κ2) is 11.4. The van der Waals surface area contributed by atoms with E-state index in [2.05, 4.69) is 6.58 Å². The molecule has 2 aliphatic heterocycles. The highest BCUT2D eigenvalue weighted by Gasteiger charge is 2.50. The number of hydrogen-bond donors (Lipinski definition) is 7. The molecule has 186 valence electrons. The lowest BCUT2D eigenvalue weighted by molar-refractivity contribution is -0.307. The van der Waals surface area contributed by atoms with Gasteiger partial charge in [0, 0.05) is 0 Å². The molecule has 0 unspecified atom stereocenters. The molecule has 2 rings (SSSR count). The zero-order chi connectivity index (χ0) is 24.1. The molecule has 0 radical (unpaired) electrons. The Kier molecular flexibility index (Phi) is 9.76. The molecule has 32 heavy (non-hydrogen) atoms. The van der Waals surface area contributed by atoms with Crippen molar-refractivity contribution in [3.63, 3.8) is 0 Å². The third kappa shape index (κ3) is 6.78. The van der Waals surface area contributed by atoms with E-state index in [1.165, 1.54) is 6.08 Å². The summed E-state index contributed by atoms with van der Waals surface area (Å²) >= 11 is 0. The van der Waals surface area contributed by atoms with Gasteiger partial charge < -0.3 is 54.7 Å². The molecule has 11 heteroatoms. The van der Waals surface area contributed by atoms with Gasteiger partial charge in [-0.3, -0.25) is 0 Å². The maximum Gasteiger partial charge on any atom is 0.187 e. The van der Waals surface area contributed by atoms with Crippen molar-refractivity contribution < 1.29 is 54.7 Å². The monoisotopic (exact) mass is 464 g/mol. The van der Waals surface area contributed by atoms with Gasteiger partial charge in [0.25, 0.3) is 0 Å². The highest BCUT2D eigenvalue weighted by Crippen LogP contribution is 2.28. The van der Waals surface area contributed by atoms with E-state index < -0.39 is 60.9 Å². The van der Waals surface area contributed by atoms with E-state index in [9.17, 15) is 35.7 Å². The first-order chi connectivity index (χ1) is 14.9. The van der Waals surface area contributed by atoms with Crippen molar-refractivity contribution >= 4 is 0 Å². The van der Waals surface area contributed by atoms with Crippen LogP contribution in [0.2, 0.25) is 0 Å². The molecule has 0 aromatic heterocycles. The zero-order valence-electron chi connectivity index (χ0n) is 18.4. The maximum absolute atomic E-state index is 10.2. The Balaban J connectivity index is 1.88. The molecular weight excluding hydrogens is 428 g/mol. The van der Waals surface area contributed by atoms with Gasteiger partial charge >= 0.3 is 0 Å². The molecule has 0 bridgehead atoms. The lowest BCUT2D eigenvalue weighted by atomic mass is 9.99. The second-order valence-corrected chi connectivity index (χ2v) is 8.70. The average Bonchev–Trinajstić information content (AvgIpc) is 3.05. The van der Waals surface area contributed by atoms with E-state index in [0.717, 1.165) is 5.57 Å². The molecule has 11 nitrogen and oxygen atoms in total. The minimum atomic E-state index is -1.86. The summed E-state index contributed by atoms with van der Waals surface area (Å²) in [6.45, 7) is 5.68. The van der Waals surface area contributed by atoms with Crippen LogP contribution in [0.1, 0.15) is 26.7 Å². The Labute approximate surface area is 187 Å². The Morgan fingerprint density at radius 3 is 2.44 bits per heavy atom. The van der Waals surface area contributed by atoms with Crippen LogP contribution in [0.15, 0.2) is 24.3 Å². The van der Waals surface area contributed by atoms with Crippen LogP contribution in [0.5, 0.6) is 0 Å². The SMILES string of the molecule is C=C[C@](C)(O)CC/C=C(\C)CO[C@@H]1O[C@H](CO[C@@H]2OC[C@](O)(CO)[C@H]2O)[C@@H](O)[C@H](O)[C@H]1O. The minimum Gasteiger partial charge on any atom is -0.393 e. The van der Waals surface area contributed by atoms with Crippen LogP contribution in [-0.2, 0) is 18.9 Å². The van der Waals surface area contributed by atoms with Crippen LogP contribution in [0.3, 0.4) is 0 Å². The molecule has 0 spiro atoms.